The van der Waals surface area contributed by atoms with Crippen LogP contribution in [-0.4, -0.2) is 41.6 Å². The summed E-state index contributed by atoms with van der Waals surface area (Å²) < 4.78 is 4.60. The third-order valence-electron chi connectivity index (χ3n) is 2.87. The maximum Gasteiger partial charge on any atom is 0.347 e. The fraction of sp³-hybridized carbons (Fsp3) is 0.455. The number of carboxylic acid groups (broad SMARTS) is 1. The van der Waals surface area contributed by atoms with Crippen molar-refractivity contribution in [3.63, 3.8) is 0 Å². The molecule has 1 aliphatic heterocycles. The number of ether oxygens (including phenoxy) is 1. The molecular formula is C11H12N2O5S. The summed E-state index contributed by atoms with van der Waals surface area (Å²) in [6.07, 6.45) is 0.0632. The summed E-state index contributed by atoms with van der Waals surface area (Å²) in [5.74, 6) is -2.28. The molecular weight excluding hydrogens is 272 g/mol. The molecule has 1 unspecified atom stereocenters. The van der Waals surface area contributed by atoms with Crippen LogP contribution in [0.5, 0.6) is 0 Å². The molecule has 1 saturated heterocycles. The van der Waals surface area contributed by atoms with Gasteiger partial charge in [-0.15, -0.1) is 0 Å². The fourth-order valence-electron chi connectivity index (χ4n) is 1.91. The number of amides is 1. The highest BCUT2D eigenvalue weighted by Crippen LogP contribution is 2.31. The third kappa shape index (κ3) is 2.43. The maximum atomic E-state index is 11.8. The molecule has 2 rings (SSSR count). The van der Waals surface area contributed by atoms with Crippen molar-refractivity contribution in [1.29, 1.82) is 0 Å². The predicted molar refractivity (Wildman–Crippen MR) is 66.3 cm³/mol. The van der Waals surface area contributed by atoms with Crippen molar-refractivity contribution in [3.05, 3.63) is 10.6 Å². The number of thiazole rings is 1. The van der Waals surface area contributed by atoms with Gasteiger partial charge in [0, 0.05) is 13.0 Å². The van der Waals surface area contributed by atoms with Crippen LogP contribution in [-0.2, 0) is 14.3 Å². The molecule has 1 aromatic heterocycles. The zero-order valence-corrected chi connectivity index (χ0v) is 11.2. The number of hydrogen-bond acceptors (Lipinski definition) is 6. The molecule has 0 aromatic carbocycles. The van der Waals surface area contributed by atoms with Gasteiger partial charge in [0.15, 0.2) is 5.13 Å². The van der Waals surface area contributed by atoms with Gasteiger partial charge in [-0.1, -0.05) is 11.3 Å². The Labute approximate surface area is 112 Å². The molecule has 102 valence electrons. The maximum absolute atomic E-state index is 11.8. The van der Waals surface area contributed by atoms with Gasteiger partial charge < -0.3 is 9.84 Å². The standard InChI is InChI=1S/C11H12N2O5S/c1-5-8(9(15)16)19-11(12-5)13-4-6(3-7(13)14)10(17)18-2/h6H,3-4H2,1-2H3,(H,15,16). The van der Waals surface area contributed by atoms with Crippen molar-refractivity contribution in [2.24, 2.45) is 5.92 Å². The molecule has 7 nitrogen and oxygen atoms in total. The molecule has 2 heterocycles. The lowest BCUT2D eigenvalue weighted by Gasteiger charge is -2.11. The van der Waals surface area contributed by atoms with E-state index in [1.165, 1.54) is 12.0 Å². The van der Waals surface area contributed by atoms with E-state index in [1.807, 2.05) is 0 Å². The molecule has 0 aliphatic carbocycles. The van der Waals surface area contributed by atoms with E-state index in [0.717, 1.165) is 11.3 Å². The van der Waals surface area contributed by atoms with Crippen LogP contribution in [0.15, 0.2) is 0 Å². The smallest absolute Gasteiger partial charge is 0.347 e. The lowest BCUT2D eigenvalue weighted by Crippen LogP contribution is -2.26. The van der Waals surface area contributed by atoms with E-state index in [2.05, 4.69) is 9.72 Å². The molecule has 19 heavy (non-hydrogen) atoms. The van der Waals surface area contributed by atoms with Gasteiger partial charge in [0.05, 0.1) is 18.7 Å². The van der Waals surface area contributed by atoms with Crippen molar-refractivity contribution >= 4 is 34.3 Å². The van der Waals surface area contributed by atoms with E-state index in [-0.39, 0.29) is 23.7 Å². The number of aromatic nitrogens is 1. The number of carboxylic acids is 1. The molecule has 1 fully saturated rings. The summed E-state index contributed by atoms with van der Waals surface area (Å²) in [7, 11) is 1.27. The van der Waals surface area contributed by atoms with Gasteiger partial charge in [-0.25, -0.2) is 9.78 Å². The minimum Gasteiger partial charge on any atom is -0.477 e. The summed E-state index contributed by atoms with van der Waals surface area (Å²) in [4.78, 5) is 39.7. The van der Waals surface area contributed by atoms with Crippen molar-refractivity contribution in [1.82, 2.24) is 4.98 Å². The van der Waals surface area contributed by atoms with E-state index in [9.17, 15) is 14.4 Å². The number of carbonyl (C=O) groups excluding carboxylic acids is 2. The van der Waals surface area contributed by atoms with Crippen LogP contribution in [0.25, 0.3) is 0 Å². The quantitative estimate of drug-likeness (QED) is 0.820. The summed E-state index contributed by atoms with van der Waals surface area (Å²) in [5.41, 5.74) is 0.363. The second-order valence-electron chi connectivity index (χ2n) is 4.14. The fourth-order valence-corrected chi connectivity index (χ4v) is 2.85. The minimum atomic E-state index is -1.07. The number of anilines is 1. The largest absolute Gasteiger partial charge is 0.477 e. The Balaban J connectivity index is 2.23. The van der Waals surface area contributed by atoms with Crippen LogP contribution in [0, 0.1) is 12.8 Å². The molecule has 1 amide bonds. The Kier molecular flexibility index (Phi) is 3.52. The first-order chi connectivity index (χ1) is 8.93. The van der Waals surface area contributed by atoms with Gasteiger partial charge in [0.1, 0.15) is 4.88 Å². The number of aryl methyl sites for hydroxylation is 1. The normalized spacial score (nSPS) is 18.7. The first kappa shape index (κ1) is 13.5. The molecule has 1 N–H and O–H groups in total. The van der Waals surface area contributed by atoms with Crippen molar-refractivity contribution in [2.75, 3.05) is 18.6 Å². The van der Waals surface area contributed by atoms with Crippen LogP contribution >= 0.6 is 11.3 Å². The van der Waals surface area contributed by atoms with Crippen LogP contribution in [0.4, 0.5) is 5.13 Å². The number of rotatable bonds is 3. The molecule has 1 aliphatic rings. The lowest BCUT2D eigenvalue weighted by molar-refractivity contribution is -0.145. The topological polar surface area (TPSA) is 96.8 Å². The number of nitrogens with zero attached hydrogens (tertiary/aromatic N) is 2. The van der Waals surface area contributed by atoms with Crippen molar-refractivity contribution in [2.45, 2.75) is 13.3 Å². The second-order valence-corrected chi connectivity index (χ2v) is 5.12. The second kappa shape index (κ2) is 4.96. The van der Waals surface area contributed by atoms with E-state index in [1.54, 1.807) is 6.92 Å². The van der Waals surface area contributed by atoms with Crippen molar-refractivity contribution < 1.29 is 24.2 Å². The van der Waals surface area contributed by atoms with Gasteiger partial charge in [-0.2, -0.15) is 0 Å². The van der Waals surface area contributed by atoms with Crippen LogP contribution in [0.2, 0.25) is 0 Å². The molecule has 8 heteroatoms. The number of carbonyl (C=O) groups is 3. The lowest BCUT2D eigenvalue weighted by atomic mass is 10.1. The zero-order chi connectivity index (χ0) is 14.2. The predicted octanol–water partition coefficient (Wildman–Crippen LogP) is 0.676. The highest BCUT2D eigenvalue weighted by Gasteiger charge is 2.37. The SMILES string of the molecule is COC(=O)C1CC(=O)N(c2nc(C)c(C(=O)O)s2)C1. The van der Waals surface area contributed by atoms with Gasteiger partial charge in [0.25, 0.3) is 0 Å². The third-order valence-corrected chi connectivity index (χ3v) is 4.04. The number of esters is 1. The molecule has 1 aromatic rings. The summed E-state index contributed by atoms with van der Waals surface area (Å²) in [5, 5.41) is 9.27. The van der Waals surface area contributed by atoms with E-state index < -0.39 is 17.9 Å². The monoisotopic (exact) mass is 284 g/mol. The summed E-state index contributed by atoms with van der Waals surface area (Å²) in [6.45, 7) is 1.75. The Morgan fingerprint density at radius 1 is 1.53 bits per heavy atom. The van der Waals surface area contributed by atoms with E-state index in [4.69, 9.17) is 5.11 Å². The zero-order valence-electron chi connectivity index (χ0n) is 10.4. The van der Waals surface area contributed by atoms with Crippen LogP contribution in [0.3, 0.4) is 0 Å². The number of methoxy groups -OCH3 is 1. The first-order valence-corrected chi connectivity index (χ1v) is 6.34. The highest BCUT2D eigenvalue weighted by atomic mass is 32.1. The van der Waals surface area contributed by atoms with Crippen LogP contribution in [0.1, 0.15) is 21.8 Å². The van der Waals surface area contributed by atoms with Gasteiger partial charge in [-0.3, -0.25) is 14.5 Å². The summed E-state index contributed by atoms with van der Waals surface area (Å²) >= 11 is 0.932. The molecule has 0 radical (unpaired) electrons. The Bertz CT molecular complexity index is 553. The van der Waals surface area contributed by atoms with Gasteiger partial charge in [-0.05, 0) is 6.92 Å². The average Bonchev–Trinajstić information content (AvgIpc) is 2.91. The molecule has 1 atom stereocenters. The van der Waals surface area contributed by atoms with E-state index >= 15 is 0 Å². The Morgan fingerprint density at radius 2 is 2.21 bits per heavy atom. The van der Waals surface area contributed by atoms with E-state index in [0.29, 0.717) is 10.8 Å². The van der Waals surface area contributed by atoms with Gasteiger partial charge in [0.2, 0.25) is 5.91 Å². The van der Waals surface area contributed by atoms with Gasteiger partial charge >= 0.3 is 11.9 Å². The minimum absolute atomic E-state index is 0.0632. The molecule has 0 spiro atoms. The Morgan fingerprint density at radius 3 is 2.74 bits per heavy atom. The summed E-state index contributed by atoms with van der Waals surface area (Å²) in [6, 6.07) is 0. The number of hydrogen-bond donors (Lipinski definition) is 1. The molecule has 0 saturated carbocycles. The Hall–Kier alpha value is -1.96. The average molecular weight is 284 g/mol. The van der Waals surface area contributed by atoms with Crippen molar-refractivity contribution in [3.8, 4) is 0 Å². The molecule has 0 bridgehead atoms. The van der Waals surface area contributed by atoms with Crippen LogP contribution < -0.4 is 4.90 Å². The highest BCUT2D eigenvalue weighted by molar-refractivity contribution is 7.17. The number of aromatic carboxylic acids is 1. The first-order valence-electron chi connectivity index (χ1n) is 5.53.